The van der Waals surface area contributed by atoms with Crippen LogP contribution in [0.5, 0.6) is 0 Å². The zero-order valence-corrected chi connectivity index (χ0v) is 15.5. The molecule has 4 nitrogen and oxygen atoms in total. The molecule has 2 aliphatic heterocycles. The van der Waals surface area contributed by atoms with E-state index in [0.717, 1.165) is 24.8 Å². The molecule has 2 rings (SSSR count). The lowest BCUT2D eigenvalue weighted by molar-refractivity contribution is -0.145. The lowest BCUT2D eigenvalue weighted by atomic mass is 9.80. The monoisotopic (exact) mass is 354 g/mol. The zero-order valence-electron chi connectivity index (χ0n) is 13.9. The van der Waals surface area contributed by atoms with Crippen LogP contribution in [0.3, 0.4) is 0 Å². The molecule has 2 saturated heterocycles. The molecule has 2 aliphatic rings. The van der Waals surface area contributed by atoms with Crippen molar-refractivity contribution >= 4 is 30.8 Å². The highest BCUT2D eigenvalue weighted by atomic mass is 35.5. The van der Waals surface area contributed by atoms with Gasteiger partial charge in [-0.2, -0.15) is 0 Å². The number of nitrogens with one attached hydrogen (secondary N) is 1. The average molecular weight is 355 g/mol. The molecule has 0 radical (unpaired) electrons. The molecule has 0 aromatic heterocycles. The number of carbonyl (C=O) groups excluding carboxylic acids is 1. The zero-order chi connectivity index (χ0) is 14.4. The molecule has 0 bridgehead atoms. The first-order valence-corrected chi connectivity index (χ1v) is 8.21. The molecule has 2 heterocycles. The Balaban J connectivity index is 0.00000220. The summed E-state index contributed by atoms with van der Waals surface area (Å²) >= 11 is 0. The van der Waals surface area contributed by atoms with Gasteiger partial charge in [-0.05, 0) is 70.1 Å². The lowest BCUT2D eigenvalue weighted by Gasteiger charge is -2.39. The minimum absolute atomic E-state index is 0. The second-order valence-corrected chi connectivity index (χ2v) is 6.50. The number of nitrogens with zero attached hydrogens (tertiary/aromatic N) is 1. The minimum Gasteiger partial charge on any atom is -0.469 e. The van der Waals surface area contributed by atoms with E-state index in [4.69, 9.17) is 4.74 Å². The van der Waals surface area contributed by atoms with Crippen LogP contribution >= 0.6 is 24.8 Å². The second-order valence-electron chi connectivity index (χ2n) is 6.50. The normalized spacial score (nSPS) is 24.7. The highest BCUT2D eigenvalue weighted by Crippen LogP contribution is 2.30. The largest absolute Gasteiger partial charge is 0.469 e. The lowest BCUT2D eigenvalue weighted by Crippen LogP contribution is -2.42. The topological polar surface area (TPSA) is 41.6 Å². The van der Waals surface area contributed by atoms with E-state index in [1.807, 2.05) is 6.92 Å². The van der Waals surface area contributed by atoms with Gasteiger partial charge in [0.25, 0.3) is 0 Å². The quantitative estimate of drug-likeness (QED) is 0.770. The summed E-state index contributed by atoms with van der Waals surface area (Å²) in [4.78, 5) is 14.0. The fraction of sp³-hybridized carbons (Fsp3) is 0.938. The highest BCUT2D eigenvalue weighted by molar-refractivity contribution is 5.85. The van der Waals surface area contributed by atoms with E-state index in [0.29, 0.717) is 0 Å². The van der Waals surface area contributed by atoms with E-state index < -0.39 is 0 Å². The van der Waals surface area contributed by atoms with Gasteiger partial charge < -0.3 is 15.0 Å². The van der Waals surface area contributed by atoms with Crippen LogP contribution < -0.4 is 5.32 Å². The van der Waals surface area contributed by atoms with Crippen LogP contribution in [0.2, 0.25) is 0 Å². The van der Waals surface area contributed by atoms with Crippen LogP contribution in [0.4, 0.5) is 0 Å². The molecule has 0 aromatic rings. The Morgan fingerprint density at radius 2 is 1.91 bits per heavy atom. The molecule has 0 aliphatic carbocycles. The van der Waals surface area contributed by atoms with E-state index in [1.54, 1.807) is 0 Å². The first-order valence-electron chi connectivity index (χ1n) is 8.21. The molecule has 0 saturated carbocycles. The standard InChI is InChI=1S/C16H30N2O2.2ClH/c1-13(16(19)20-2)7-11-18-10-3-4-15(12-18)14-5-8-17-9-6-14;;/h13-15,17H,3-12H2,1-2H3;2*1H/t13?,15-;;/m0../s1. The van der Waals surface area contributed by atoms with E-state index in [1.165, 1.54) is 59.0 Å². The molecule has 0 spiro atoms. The summed E-state index contributed by atoms with van der Waals surface area (Å²) in [6, 6.07) is 0. The van der Waals surface area contributed by atoms with Crippen molar-refractivity contribution in [3.05, 3.63) is 0 Å². The molecule has 0 aromatic carbocycles. The summed E-state index contributed by atoms with van der Waals surface area (Å²) < 4.78 is 4.80. The molecule has 22 heavy (non-hydrogen) atoms. The van der Waals surface area contributed by atoms with Gasteiger partial charge in [-0.15, -0.1) is 24.8 Å². The summed E-state index contributed by atoms with van der Waals surface area (Å²) in [5, 5.41) is 3.46. The van der Waals surface area contributed by atoms with Crippen LogP contribution in [0.15, 0.2) is 0 Å². The fourth-order valence-corrected chi connectivity index (χ4v) is 3.69. The number of rotatable bonds is 5. The molecule has 2 fully saturated rings. The number of methoxy groups -OCH3 is 1. The van der Waals surface area contributed by atoms with Gasteiger partial charge in [0.15, 0.2) is 0 Å². The summed E-state index contributed by atoms with van der Waals surface area (Å²) in [5.74, 6) is 1.74. The van der Waals surface area contributed by atoms with Gasteiger partial charge in [0.1, 0.15) is 0 Å². The van der Waals surface area contributed by atoms with Crippen molar-refractivity contribution in [1.82, 2.24) is 10.2 Å². The first kappa shape index (κ1) is 22.0. The van der Waals surface area contributed by atoms with E-state index in [-0.39, 0.29) is 36.7 Å². The summed E-state index contributed by atoms with van der Waals surface area (Å²) in [6.07, 6.45) is 6.33. The van der Waals surface area contributed by atoms with Crippen molar-refractivity contribution in [3.8, 4) is 0 Å². The van der Waals surface area contributed by atoms with Crippen molar-refractivity contribution in [2.75, 3.05) is 39.8 Å². The van der Waals surface area contributed by atoms with Gasteiger partial charge in [0.05, 0.1) is 13.0 Å². The first-order chi connectivity index (χ1) is 9.70. The van der Waals surface area contributed by atoms with E-state index in [2.05, 4.69) is 10.2 Å². The smallest absolute Gasteiger partial charge is 0.308 e. The maximum Gasteiger partial charge on any atom is 0.308 e. The molecular weight excluding hydrogens is 323 g/mol. The maximum atomic E-state index is 11.4. The number of hydrogen-bond acceptors (Lipinski definition) is 4. The Morgan fingerprint density at radius 1 is 1.23 bits per heavy atom. The third kappa shape index (κ3) is 6.61. The highest BCUT2D eigenvalue weighted by Gasteiger charge is 2.28. The number of likely N-dealkylation sites (tertiary alicyclic amines) is 1. The molecule has 1 unspecified atom stereocenters. The van der Waals surface area contributed by atoms with Crippen molar-refractivity contribution in [2.45, 2.75) is 39.0 Å². The second kappa shape index (κ2) is 11.5. The summed E-state index contributed by atoms with van der Waals surface area (Å²) in [5.41, 5.74) is 0. The Labute approximate surface area is 147 Å². The van der Waals surface area contributed by atoms with E-state index in [9.17, 15) is 4.79 Å². The Morgan fingerprint density at radius 3 is 2.55 bits per heavy atom. The number of halogens is 2. The number of piperidine rings is 2. The van der Waals surface area contributed by atoms with Crippen LogP contribution in [0, 0.1) is 17.8 Å². The van der Waals surface area contributed by atoms with Gasteiger partial charge in [-0.3, -0.25) is 4.79 Å². The van der Waals surface area contributed by atoms with Gasteiger partial charge in [-0.1, -0.05) is 6.92 Å². The predicted molar refractivity (Wildman–Crippen MR) is 95.1 cm³/mol. The maximum absolute atomic E-state index is 11.4. The number of esters is 1. The van der Waals surface area contributed by atoms with Crippen molar-refractivity contribution in [1.29, 1.82) is 0 Å². The SMILES string of the molecule is COC(=O)C(C)CCN1CCC[C@H](C2CCNCC2)C1.Cl.Cl. The molecular formula is C16H32Cl2N2O2. The predicted octanol–water partition coefficient (Wildman–Crippen LogP) is 2.74. The van der Waals surface area contributed by atoms with Crippen LogP contribution in [0.1, 0.15) is 39.0 Å². The molecule has 1 N–H and O–H groups in total. The molecule has 132 valence electrons. The molecule has 0 amide bonds. The van der Waals surface area contributed by atoms with Gasteiger partial charge in [0.2, 0.25) is 0 Å². The van der Waals surface area contributed by atoms with Crippen LogP contribution in [-0.2, 0) is 9.53 Å². The Bertz CT molecular complexity index is 313. The van der Waals surface area contributed by atoms with Gasteiger partial charge >= 0.3 is 5.97 Å². The summed E-state index contributed by atoms with van der Waals surface area (Å²) in [7, 11) is 1.48. The van der Waals surface area contributed by atoms with E-state index >= 15 is 0 Å². The minimum atomic E-state index is -0.0723. The Hall–Kier alpha value is -0.0300. The number of ether oxygens (including phenoxy) is 1. The summed E-state index contributed by atoms with van der Waals surface area (Å²) in [6.45, 7) is 7.84. The van der Waals surface area contributed by atoms with Gasteiger partial charge in [-0.25, -0.2) is 0 Å². The van der Waals surface area contributed by atoms with Gasteiger partial charge in [0, 0.05) is 6.54 Å². The molecule has 6 heteroatoms. The third-order valence-electron chi connectivity index (χ3n) is 5.07. The molecule has 2 atom stereocenters. The number of hydrogen-bond donors (Lipinski definition) is 1. The van der Waals surface area contributed by atoms with Crippen LogP contribution in [0.25, 0.3) is 0 Å². The van der Waals surface area contributed by atoms with Crippen molar-refractivity contribution in [3.63, 3.8) is 0 Å². The fourth-order valence-electron chi connectivity index (χ4n) is 3.69. The third-order valence-corrected chi connectivity index (χ3v) is 5.07. The Kier molecular flexibility index (Phi) is 11.5. The van der Waals surface area contributed by atoms with Crippen molar-refractivity contribution < 1.29 is 9.53 Å². The number of carbonyl (C=O) groups is 1. The average Bonchev–Trinajstić information content (AvgIpc) is 2.53. The van der Waals surface area contributed by atoms with Crippen LogP contribution in [-0.4, -0.2) is 50.7 Å². The van der Waals surface area contributed by atoms with Crippen molar-refractivity contribution in [2.24, 2.45) is 17.8 Å².